The van der Waals surface area contributed by atoms with Crippen molar-refractivity contribution < 1.29 is 27.9 Å². The van der Waals surface area contributed by atoms with Crippen molar-refractivity contribution in [3.63, 3.8) is 0 Å². The summed E-state index contributed by atoms with van der Waals surface area (Å²) in [6.07, 6.45) is -4.52. The predicted octanol–water partition coefficient (Wildman–Crippen LogP) is 3.70. The smallest absolute Gasteiger partial charge is 0.416 e. The van der Waals surface area contributed by atoms with Crippen LogP contribution < -0.4 is 0 Å². The average Bonchev–Trinajstić information content (AvgIpc) is 2.87. The minimum atomic E-state index is -4.45. The van der Waals surface area contributed by atoms with E-state index < -0.39 is 17.7 Å². The van der Waals surface area contributed by atoms with E-state index in [-0.39, 0.29) is 25.3 Å². The number of carbonyl (C=O) groups excluding carboxylic acids is 1. The molecule has 2 aromatic rings. The minimum absolute atomic E-state index is 0.0279. The molecule has 1 N–H and O–H groups in total. The molecule has 0 spiro atoms. The number of likely N-dealkylation sites (N-methyl/N-ethyl adjacent to an activating group) is 1. The molecule has 27 heavy (non-hydrogen) atoms. The first-order valence-electron chi connectivity index (χ1n) is 8.31. The fourth-order valence-corrected chi connectivity index (χ4v) is 2.96. The topological polar surface area (TPSA) is 62.5 Å². The third-order valence-corrected chi connectivity index (χ3v) is 4.28. The highest BCUT2D eigenvalue weighted by atomic mass is 19.4. The van der Waals surface area contributed by atoms with Crippen LogP contribution in [-0.2, 0) is 11.0 Å². The molecule has 0 fully saturated rings. The Labute approximate surface area is 155 Å². The van der Waals surface area contributed by atoms with Crippen molar-refractivity contribution in [3.05, 3.63) is 52.8 Å². The number of aryl methyl sites for hydroxylation is 1. The molecule has 1 aromatic carbocycles. The highest BCUT2D eigenvalue weighted by Gasteiger charge is 2.30. The Morgan fingerprint density at radius 2 is 1.85 bits per heavy atom. The molecular formula is C19H21F3N2O3. The molecule has 2 rings (SSSR count). The van der Waals surface area contributed by atoms with E-state index in [9.17, 15) is 22.8 Å². The van der Waals surface area contributed by atoms with Crippen LogP contribution in [0.5, 0.6) is 0 Å². The summed E-state index contributed by atoms with van der Waals surface area (Å²) in [6, 6.07) is 6.58. The molecule has 0 unspecified atom stereocenters. The van der Waals surface area contributed by atoms with Gasteiger partial charge in [0.15, 0.2) is 5.78 Å². The lowest BCUT2D eigenvalue weighted by atomic mass is 10.1. The number of aliphatic carboxylic acids is 1. The summed E-state index contributed by atoms with van der Waals surface area (Å²) in [6.45, 7) is 3.66. The molecule has 146 valence electrons. The Balaban J connectivity index is 2.29. The molecule has 0 saturated carbocycles. The Morgan fingerprint density at radius 3 is 2.44 bits per heavy atom. The largest absolute Gasteiger partial charge is 0.481 e. The van der Waals surface area contributed by atoms with Gasteiger partial charge < -0.3 is 9.67 Å². The van der Waals surface area contributed by atoms with Crippen LogP contribution >= 0.6 is 0 Å². The maximum absolute atomic E-state index is 13.0. The number of benzene rings is 1. The van der Waals surface area contributed by atoms with Crippen LogP contribution in [0.4, 0.5) is 13.2 Å². The van der Waals surface area contributed by atoms with Gasteiger partial charge >= 0.3 is 12.1 Å². The van der Waals surface area contributed by atoms with Gasteiger partial charge in [-0.2, -0.15) is 13.2 Å². The van der Waals surface area contributed by atoms with Crippen LogP contribution in [0.25, 0.3) is 5.69 Å². The maximum Gasteiger partial charge on any atom is 0.416 e. The monoisotopic (exact) mass is 382 g/mol. The number of carboxylic acids is 1. The molecule has 0 bridgehead atoms. The molecule has 0 amide bonds. The maximum atomic E-state index is 13.0. The molecule has 1 heterocycles. The van der Waals surface area contributed by atoms with E-state index in [0.29, 0.717) is 22.6 Å². The van der Waals surface area contributed by atoms with E-state index in [2.05, 4.69) is 0 Å². The molecule has 0 aliphatic rings. The van der Waals surface area contributed by atoms with Crippen LogP contribution in [0.3, 0.4) is 0 Å². The molecule has 0 radical (unpaired) electrons. The van der Waals surface area contributed by atoms with Gasteiger partial charge in [-0.3, -0.25) is 14.5 Å². The van der Waals surface area contributed by atoms with Gasteiger partial charge in [-0.1, -0.05) is 6.07 Å². The van der Waals surface area contributed by atoms with Gasteiger partial charge in [0.2, 0.25) is 0 Å². The molecule has 0 saturated heterocycles. The van der Waals surface area contributed by atoms with Crippen molar-refractivity contribution in [2.45, 2.75) is 26.4 Å². The van der Waals surface area contributed by atoms with Gasteiger partial charge in [-0.15, -0.1) is 0 Å². The fraction of sp³-hybridized carbons (Fsp3) is 0.368. The van der Waals surface area contributed by atoms with Crippen molar-refractivity contribution in [2.75, 3.05) is 20.1 Å². The number of nitrogens with zero attached hydrogens (tertiary/aromatic N) is 2. The highest BCUT2D eigenvalue weighted by Crippen LogP contribution is 2.31. The first-order chi connectivity index (χ1) is 12.5. The molecular weight excluding hydrogens is 361 g/mol. The zero-order chi connectivity index (χ0) is 20.4. The normalized spacial score (nSPS) is 11.8. The van der Waals surface area contributed by atoms with E-state index in [1.165, 1.54) is 6.07 Å². The van der Waals surface area contributed by atoms with Crippen LogP contribution in [0.2, 0.25) is 0 Å². The second-order valence-electron chi connectivity index (χ2n) is 6.47. The number of carboxylic acid groups (broad SMARTS) is 1. The molecule has 8 heteroatoms. The second kappa shape index (κ2) is 7.96. The predicted molar refractivity (Wildman–Crippen MR) is 94.3 cm³/mol. The van der Waals surface area contributed by atoms with Crippen molar-refractivity contribution >= 4 is 11.8 Å². The first kappa shape index (κ1) is 20.7. The van der Waals surface area contributed by atoms with Gasteiger partial charge in [0.1, 0.15) is 0 Å². The zero-order valence-corrected chi connectivity index (χ0v) is 15.3. The Hall–Kier alpha value is -2.61. The summed E-state index contributed by atoms with van der Waals surface area (Å²) in [5, 5.41) is 8.71. The lowest BCUT2D eigenvalue weighted by Crippen LogP contribution is -2.28. The number of halogens is 3. The number of aromatic nitrogens is 1. The van der Waals surface area contributed by atoms with Gasteiger partial charge in [-0.25, -0.2) is 0 Å². The van der Waals surface area contributed by atoms with E-state index in [1.54, 1.807) is 42.5 Å². The van der Waals surface area contributed by atoms with E-state index in [0.717, 1.165) is 12.1 Å². The summed E-state index contributed by atoms with van der Waals surface area (Å²) in [5.74, 6) is -1.16. The van der Waals surface area contributed by atoms with Gasteiger partial charge in [-0.05, 0) is 45.2 Å². The van der Waals surface area contributed by atoms with Crippen LogP contribution in [0.1, 0.15) is 33.7 Å². The summed E-state index contributed by atoms with van der Waals surface area (Å²) in [4.78, 5) is 24.8. The molecule has 0 atom stereocenters. The first-order valence-corrected chi connectivity index (χ1v) is 8.31. The van der Waals surface area contributed by atoms with Crippen LogP contribution in [0, 0.1) is 13.8 Å². The second-order valence-corrected chi connectivity index (χ2v) is 6.47. The summed E-state index contributed by atoms with van der Waals surface area (Å²) >= 11 is 0. The lowest BCUT2D eigenvalue weighted by Gasteiger charge is -2.15. The number of hydrogen-bond acceptors (Lipinski definition) is 3. The standard InChI is InChI=1S/C19H21F3N2O3/c1-12-9-16(17(25)11-23(3)8-7-18(26)27)13(2)24(12)15-6-4-5-14(10-15)19(20,21)22/h4-6,9-10H,7-8,11H2,1-3H3,(H,26,27). The number of rotatable bonds is 7. The fourth-order valence-electron chi connectivity index (χ4n) is 2.96. The number of Topliss-reactive ketones (excluding diaryl/α,β-unsaturated/α-hetero) is 1. The highest BCUT2D eigenvalue weighted by molar-refractivity contribution is 5.99. The number of ketones is 1. The summed E-state index contributed by atoms with van der Waals surface area (Å²) in [7, 11) is 1.65. The van der Waals surface area contributed by atoms with E-state index in [4.69, 9.17) is 5.11 Å². The van der Waals surface area contributed by atoms with Gasteiger partial charge in [0.05, 0.1) is 18.5 Å². The SMILES string of the molecule is Cc1cc(C(=O)CN(C)CCC(=O)O)c(C)n1-c1cccc(C(F)(F)F)c1. The minimum Gasteiger partial charge on any atom is -0.481 e. The van der Waals surface area contributed by atoms with E-state index in [1.807, 2.05) is 0 Å². The van der Waals surface area contributed by atoms with Crippen LogP contribution in [0.15, 0.2) is 30.3 Å². The van der Waals surface area contributed by atoms with Crippen molar-refractivity contribution in [2.24, 2.45) is 0 Å². The van der Waals surface area contributed by atoms with Crippen LogP contribution in [-0.4, -0.2) is 46.5 Å². The van der Waals surface area contributed by atoms with E-state index >= 15 is 0 Å². The Morgan fingerprint density at radius 1 is 1.19 bits per heavy atom. The molecule has 5 nitrogen and oxygen atoms in total. The Kier molecular flexibility index (Phi) is 6.10. The number of carbonyl (C=O) groups is 2. The van der Waals surface area contributed by atoms with Crippen molar-refractivity contribution in [1.82, 2.24) is 9.47 Å². The zero-order valence-electron chi connectivity index (χ0n) is 15.3. The third kappa shape index (κ3) is 4.97. The molecule has 0 aliphatic heterocycles. The molecule has 1 aromatic heterocycles. The summed E-state index contributed by atoms with van der Waals surface area (Å²) < 4.78 is 40.6. The quantitative estimate of drug-likeness (QED) is 0.742. The Bertz CT molecular complexity index is 856. The lowest BCUT2D eigenvalue weighted by molar-refractivity contribution is -0.138. The van der Waals surface area contributed by atoms with Gasteiger partial charge in [0.25, 0.3) is 0 Å². The molecule has 0 aliphatic carbocycles. The summed E-state index contributed by atoms with van der Waals surface area (Å²) in [5.41, 5.74) is 1.17. The van der Waals surface area contributed by atoms with Crippen molar-refractivity contribution in [1.29, 1.82) is 0 Å². The third-order valence-electron chi connectivity index (χ3n) is 4.28. The van der Waals surface area contributed by atoms with Crippen molar-refractivity contribution in [3.8, 4) is 5.69 Å². The van der Waals surface area contributed by atoms with Gasteiger partial charge in [0, 0.05) is 29.2 Å². The number of alkyl halides is 3. The number of hydrogen-bond donors (Lipinski definition) is 1. The average molecular weight is 382 g/mol.